The molecule has 0 aromatic rings. The zero-order valence-electron chi connectivity index (χ0n) is 15.6. The second-order valence-corrected chi connectivity index (χ2v) is 10.5. The molecular formula is C19H30N2O3S. The maximum Gasteiger partial charge on any atom is 0.258 e. The molecule has 0 saturated heterocycles. The van der Waals surface area contributed by atoms with Gasteiger partial charge in [-0.25, -0.2) is 0 Å². The molecule has 1 N–H and O–H groups in total. The topological polar surface area (TPSA) is 62.1 Å². The lowest BCUT2D eigenvalue weighted by Crippen LogP contribution is -2.58. The molecule has 1 aliphatic heterocycles. The molecule has 4 bridgehead atoms. The van der Waals surface area contributed by atoms with Crippen molar-refractivity contribution in [1.82, 2.24) is 4.90 Å². The summed E-state index contributed by atoms with van der Waals surface area (Å²) in [5.41, 5.74) is 0.264. The number of rotatable bonds is 4. The fourth-order valence-electron chi connectivity index (χ4n) is 5.93. The van der Waals surface area contributed by atoms with Gasteiger partial charge in [-0.2, -0.15) is 4.36 Å². The van der Waals surface area contributed by atoms with Gasteiger partial charge in [-0.15, -0.1) is 0 Å². The number of carbonyl (C=O) groups excluding carboxylic acids is 1. The minimum absolute atomic E-state index is 0.0732. The van der Waals surface area contributed by atoms with Gasteiger partial charge >= 0.3 is 0 Å². The van der Waals surface area contributed by atoms with Crippen LogP contribution in [0.2, 0.25) is 0 Å². The number of carbonyl (C=O) groups is 1. The molecule has 0 aromatic heterocycles. The number of aliphatic hydroxyl groups is 1. The molecule has 4 fully saturated rings. The summed E-state index contributed by atoms with van der Waals surface area (Å²) in [5, 5.41) is 10.9. The Hall–Kier alpha value is -0.720. The number of nitrogens with zero attached hydrogens (tertiary/aromatic N) is 2. The van der Waals surface area contributed by atoms with Crippen molar-refractivity contribution in [3.05, 3.63) is 10.6 Å². The lowest BCUT2D eigenvalue weighted by molar-refractivity contribution is -0.175. The Morgan fingerprint density at radius 2 is 2.00 bits per heavy atom. The van der Waals surface area contributed by atoms with Crippen LogP contribution in [0.5, 0.6) is 0 Å². The number of hydrogen-bond donors (Lipinski definition) is 1. The summed E-state index contributed by atoms with van der Waals surface area (Å²) in [5.74, 6) is 1.92. The molecule has 5 rings (SSSR count). The molecule has 5 aliphatic rings. The van der Waals surface area contributed by atoms with Gasteiger partial charge < -0.3 is 14.7 Å². The zero-order chi connectivity index (χ0) is 17.8. The Balaban J connectivity index is 1.55. The highest BCUT2D eigenvalue weighted by Crippen LogP contribution is 2.62. The summed E-state index contributed by atoms with van der Waals surface area (Å²) in [6, 6.07) is 0. The predicted molar refractivity (Wildman–Crippen MR) is 98.7 cm³/mol. The van der Waals surface area contributed by atoms with Crippen LogP contribution in [-0.4, -0.2) is 47.7 Å². The van der Waals surface area contributed by atoms with Crippen molar-refractivity contribution in [3.63, 3.8) is 0 Å². The van der Waals surface area contributed by atoms with E-state index in [0.717, 1.165) is 38.1 Å². The van der Waals surface area contributed by atoms with Crippen LogP contribution in [0, 0.1) is 17.3 Å². The molecule has 1 heterocycles. The molecule has 0 aromatic carbocycles. The minimum Gasteiger partial charge on any atom is -0.390 e. The van der Waals surface area contributed by atoms with E-state index in [1.54, 1.807) is 7.11 Å². The van der Waals surface area contributed by atoms with Crippen LogP contribution >= 0.6 is 0 Å². The van der Waals surface area contributed by atoms with Crippen molar-refractivity contribution in [1.29, 1.82) is 0 Å². The molecule has 4 saturated carbocycles. The van der Waals surface area contributed by atoms with Crippen LogP contribution in [0.25, 0.3) is 0 Å². The fraction of sp³-hybridized carbons (Fsp3) is 0.842. The van der Waals surface area contributed by atoms with Crippen LogP contribution in [-0.2, 0) is 20.2 Å². The van der Waals surface area contributed by atoms with Gasteiger partial charge in [-0.1, -0.05) is 0 Å². The van der Waals surface area contributed by atoms with Gasteiger partial charge in [-0.05, 0) is 74.9 Å². The van der Waals surface area contributed by atoms with E-state index in [1.165, 1.54) is 17.0 Å². The van der Waals surface area contributed by atoms with Gasteiger partial charge in [0.05, 0.1) is 23.5 Å². The third-order valence-corrected chi connectivity index (χ3v) is 8.80. The van der Waals surface area contributed by atoms with Crippen molar-refractivity contribution in [2.24, 2.45) is 21.6 Å². The van der Waals surface area contributed by atoms with Crippen molar-refractivity contribution >= 4 is 16.6 Å². The Bertz CT molecular complexity index is 643. The SMILES string of the molecule is COCCN1C/S(=N\C(=O)C23CC4CC(CC(O)(C4)C2)C3)C(C)=C1C. The maximum absolute atomic E-state index is 13.2. The average Bonchev–Trinajstić information content (AvgIpc) is 2.78. The van der Waals surface area contributed by atoms with Crippen LogP contribution in [0.4, 0.5) is 0 Å². The first-order valence-electron chi connectivity index (χ1n) is 9.45. The fourth-order valence-corrected chi connectivity index (χ4v) is 7.80. The molecule has 140 valence electrons. The summed E-state index contributed by atoms with van der Waals surface area (Å²) in [6.45, 7) is 5.76. The van der Waals surface area contributed by atoms with Crippen molar-refractivity contribution in [2.45, 2.75) is 58.0 Å². The van der Waals surface area contributed by atoms with E-state index in [0.29, 0.717) is 24.9 Å². The number of ether oxygens (including phenoxy) is 1. The van der Waals surface area contributed by atoms with Crippen molar-refractivity contribution in [3.8, 4) is 0 Å². The largest absolute Gasteiger partial charge is 0.390 e. The molecule has 1 amide bonds. The van der Waals surface area contributed by atoms with E-state index in [9.17, 15) is 9.90 Å². The lowest BCUT2D eigenvalue weighted by Gasteiger charge is -2.58. The van der Waals surface area contributed by atoms with E-state index in [-0.39, 0.29) is 22.0 Å². The van der Waals surface area contributed by atoms with Crippen molar-refractivity contribution in [2.75, 3.05) is 26.1 Å². The smallest absolute Gasteiger partial charge is 0.258 e. The van der Waals surface area contributed by atoms with Crippen LogP contribution in [0.1, 0.15) is 52.4 Å². The first-order chi connectivity index (χ1) is 11.8. The number of hydrogen-bond acceptors (Lipinski definition) is 4. The maximum atomic E-state index is 13.2. The Kier molecular flexibility index (Phi) is 4.36. The molecule has 3 unspecified atom stereocenters. The first kappa shape index (κ1) is 17.7. The van der Waals surface area contributed by atoms with E-state index in [4.69, 9.17) is 9.10 Å². The molecule has 25 heavy (non-hydrogen) atoms. The Morgan fingerprint density at radius 1 is 1.32 bits per heavy atom. The van der Waals surface area contributed by atoms with Gasteiger partial charge in [0, 0.05) is 24.3 Å². The summed E-state index contributed by atoms with van der Waals surface area (Å²) in [4.78, 5) is 16.7. The summed E-state index contributed by atoms with van der Waals surface area (Å²) < 4.78 is 9.92. The summed E-state index contributed by atoms with van der Waals surface area (Å²) >= 11 is 0. The molecule has 4 aliphatic carbocycles. The molecule has 3 atom stereocenters. The van der Waals surface area contributed by atoms with Crippen LogP contribution < -0.4 is 0 Å². The second kappa shape index (κ2) is 6.17. The molecule has 5 nitrogen and oxygen atoms in total. The zero-order valence-corrected chi connectivity index (χ0v) is 16.4. The van der Waals surface area contributed by atoms with Gasteiger partial charge in [0.15, 0.2) is 0 Å². The third kappa shape index (κ3) is 3.00. The average molecular weight is 367 g/mol. The van der Waals surface area contributed by atoms with Gasteiger partial charge in [0.2, 0.25) is 0 Å². The van der Waals surface area contributed by atoms with E-state index in [1.807, 2.05) is 0 Å². The second-order valence-electron chi connectivity index (χ2n) is 8.75. The van der Waals surface area contributed by atoms with Gasteiger partial charge in [0.1, 0.15) is 0 Å². The van der Waals surface area contributed by atoms with Gasteiger partial charge in [0.25, 0.3) is 5.91 Å². The Labute approximate surface area is 152 Å². The lowest BCUT2D eigenvalue weighted by atomic mass is 9.48. The molecule has 6 heteroatoms. The molecule has 0 spiro atoms. The summed E-state index contributed by atoms with van der Waals surface area (Å²) in [7, 11) is 1.37. The monoisotopic (exact) mass is 366 g/mol. The van der Waals surface area contributed by atoms with Crippen LogP contribution in [0.3, 0.4) is 0 Å². The first-order valence-corrected chi connectivity index (χ1v) is 10.8. The molecule has 0 radical (unpaired) electrons. The number of methoxy groups -OCH3 is 1. The quantitative estimate of drug-likeness (QED) is 0.831. The highest BCUT2D eigenvalue weighted by molar-refractivity contribution is 7.91. The highest BCUT2D eigenvalue weighted by Gasteiger charge is 2.60. The minimum atomic E-state index is -0.598. The molecular weight excluding hydrogens is 336 g/mol. The van der Waals surface area contributed by atoms with Gasteiger partial charge in [-0.3, -0.25) is 4.79 Å². The van der Waals surface area contributed by atoms with Crippen molar-refractivity contribution < 1.29 is 14.6 Å². The standard InChI is InChI=1S/C19H30N2O3S/c1-13-14(2)25(12-21(13)4-5-24-3)20-17(22)18-7-15-6-16(8-18)10-19(23,9-15)11-18/h15-16,23H,4-12H2,1-3H3. The Morgan fingerprint density at radius 3 is 2.60 bits per heavy atom. The highest BCUT2D eigenvalue weighted by atomic mass is 32.2. The third-order valence-electron chi connectivity index (χ3n) is 6.86. The van der Waals surface area contributed by atoms with E-state index in [2.05, 4.69) is 18.7 Å². The number of allylic oxidation sites excluding steroid dienone is 2. The van der Waals surface area contributed by atoms with E-state index < -0.39 is 5.60 Å². The predicted octanol–water partition coefficient (Wildman–Crippen LogP) is 2.82. The van der Waals surface area contributed by atoms with E-state index >= 15 is 0 Å². The van der Waals surface area contributed by atoms with Crippen LogP contribution in [0.15, 0.2) is 15.0 Å². The summed E-state index contributed by atoms with van der Waals surface area (Å²) in [6.07, 6.45) is 5.52. The normalized spacial score (nSPS) is 42.7. The number of amides is 1.